The first-order valence-electron chi connectivity index (χ1n) is 8.97. The van der Waals surface area contributed by atoms with Crippen LogP contribution in [0.2, 0.25) is 0 Å². The lowest BCUT2D eigenvalue weighted by Gasteiger charge is -2.31. The topological polar surface area (TPSA) is 24.8 Å². The van der Waals surface area contributed by atoms with Crippen molar-refractivity contribution < 1.29 is 13.5 Å². The maximum absolute atomic E-state index is 12.7. The van der Waals surface area contributed by atoms with Crippen molar-refractivity contribution in [1.29, 1.82) is 0 Å². The van der Waals surface area contributed by atoms with Crippen molar-refractivity contribution in [2.24, 2.45) is 10.9 Å². The van der Waals surface area contributed by atoms with Crippen LogP contribution in [0.3, 0.4) is 0 Å². The van der Waals surface area contributed by atoms with Crippen LogP contribution in [0.1, 0.15) is 51.9 Å². The minimum atomic E-state index is -2.77. The molecule has 138 valence electrons. The average Bonchev–Trinajstić information content (AvgIpc) is 2.57. The molecule has 0 N–H and O–H groups in total. The van der Waals surface area contributed by atoms with Crippen LogP contribution >= 0.6 is 11.8 Å². The highest BCUT2D eigenvalue weighted by Gasteiger charge is 2.23. The van der Waals surface area contributed by atoms with Gasteiger partial charge in [0.15, 0.2) is 0 Å². The Labute approximate surface area is 148 Å². The van der Waals surface area contributed by atoms with Crippen LogP contribution in [0.5, 0.6) is 0 Å². The Morgan fingerprint density at radius 1 is 1.33 bits per heavy atom. The van der Waals surface area contributed by atoms with Crippen LogP contribution < -0.4 is 0 Å². The molecule has 0 bridgehead atoms. The largest absolute Gasteiger partial charge is 0.364 e. The summed E-state index contributed by atoms with van der Waals surface area (Å²) in [6.07, 6.45) is 9.15. The molecule has 1 aliphatic heterocycles. The van der Waals surface area contributed by atoms with Crippen molar-refractivity contribution in [2.45, 2.75) is 57.8 Å². The second-order valence-electron chi connectivity index (χ2n) is 7.03. The zero-order valence-electron chi connectivity index (χ0n) is 14.7. The highest BCUT2D eigenvalue weighted by atomic mass is 32.2. The average molecular weight is 361 g/mol. The fraction of sp³-hybridized carbons (Fsp3) is 0.833. The van der Waals surface area contributed by atoms with Gasteiger partial charge in [0.1, 0.15) is 6.61 Å². The molecule has 1 heterocycles. The van der Waals surface area contributed by atoms with Gasteiger partial charge >= 0.3 is 0 Å². The van der Waals surface area contributed by atoms with Gasteiger partial charge in [0, 0.05) is 24.9 Å². The molecule has 0 aromatic carbocycles. The van der Waals surface area contributed by atoms with Gasteiger partial charge in [-0.15, -0.1) is 11.8 Å². The Morgan fingerprint density at radius 2 is 2.08 bits per heavy atom. The van der Waals surface area contributed by atoms with Gasteiger partial charge in [-0.2, -0.15) is 0 Å². The van der Waals surface area contributed by atoms with E-state index in [1.54, 1.807) is 0 Å². The minimum absolute atomic E-state index is 0.250. The molecule has 2 aliphatic rings. The number of hydrogen-bond acceptors (Lipinski definition) is 4. The molecule has 0 atom stereocenters. The summed E-state index contributed by atoms with van der Waals surface area (Å²) in [5, 5.41) is 0. The summed E-state index contributed by atoms with van der Waals surface area (Å²) >= 11 is 1.48. The standard InChI is InChI=1S/C18H30F2N2OS/c1-18(19,20)13-23-14-24-17-9-11-22(12-16(17)21-2)10-8-15-6-4-3-5-7-15/h15H,2-14H2,1H3. The lowest BCUT2D eigenvalue weighted by molar-refractivity contribution is -0.0514. The molecule has 0 aromatic rings. The van der Waals surface area contributed by atoms with Crippen LogP contribution in [0, 0.1) is 5.92 Å². The molecule has 0 radical (unpaired) electrons. The van der Waals surface area contributed by atoms with E-state index >= 15 is 0 Å². The SMILES string of the molecule is C=NC1=C(SCOCC(C)(F)F)CCN(CCC2CCCCC2)C1. The first kappa shape index (κ1) is 19.9. The zero-order valence-corrected chi connectivity index (χ0v) is 15.6. The number of nitrogens with zero attached hydrogens (tertiary/aromatic N) is 2. The summed E-state index contributed by atoms with van der Waals surface area (Å²) < 4.78 is 30.5. The first-order chi connectivity index (χ1) is 11.5. The van der Waals surface area contributed by atoms with E-state index in [2.05, 4.69) is 16.6 Å². The summed E-state index contributed by atoms with van der Waals surface area (Å²) in [4.78, 5) is 7.75. The monoisotopic (exact) mass is 360 g/mol. The molecular formula is C18H30F2N2OS. The molecule has 0 amide bonds. The number of alkyl halides is 2. The fourth-order valence-corrected chi connectivity index (χ4v) is 4.28. The first-order valence-corrected chi connectivity index (χ1v) is 9.96. The third-order valence-corrected chi connectivity index (χ3v) is 5.86. The van der Waals surface area contributed by atoms with Gasteiger partial charge in [-0.25, -0.2) is 8.78 Å². The molecule has 1 fully saturated rings. The number of rotatable bonds is 9. The lowest BCUT2D eigenvalue weighted by atomic mass is 9.87. The Hall–Kier alpha value is -0.460. The molecular weight excluding hydrogens is 330 g/mol. The predicted molar refractivity (Wildman–Crippen MR) is 97.9 cm³/mol. The van der Waals surface area contributed by atoms with Crippen LogP contribution in [0.15, 0.2) is 15.6 Å². The summed E-state index contributed by atoms with van der Waals surface area (Å²) in [5.41, 5.74) is 0.988. The van der Waals surface area contributed by atoms with Crippen molar-refractivity contribution in [2.75, 3.05) is 32.2 Å². The van der Waals surface area contributed by atoms with Gasteiger partial charge < -0.3 is 4.74 Å². The number of halogens is 2. The van der Waals surface area contributed by atoms with Gasteiger partial charge in [0.2, 0.25) is 0 Å². The highest BCUT2D eigenvalue weighted by molar-refractivity contribution is 8.02. The third-order valence-electron chi connectivity index (χ3n) is 4.79. The quantitative estimate of drug-likeness (QED) is 0.331. The fourth-order valence-electron chi connectivity index (χ4n) is 3.44. The van der Waals surface area contributed by atoms with Gasteiger partial charge in [-0.1, -0.05) is 32.1 Å². The lowest BCUT2D eigenvalue weighted by Crippen LogP contribution is -2.33. The van der Waals surface area contributed by atoms with Crippen LogP contribution in [-0.4, -0.2) is 49.7 Å². The molecule has 1 aliphatic carbocycles. The smallest absolute Gasteiger partial charge is 0.268 e. The molecule has 0 aromatic heterocycles. The van der Waals surface area contributed by atoms with Crippen LogP contribution in [0.25, 0.3) is 0 Å². The molecule has 0 unspecified atom stereocenters. The van der Waals surface area contributed by atoms with E-state index < -0.39 is 12.5 Å². The Balaban J connectivity index is 1.72. The number of thioether (sulfide) groups is 1. The normalized spacial score (nSPS) is 21.3. The van der Waals surface area contributed by atoms with Gasteiger partial charge in [0.25, 0.3) is 5.92 Å². The van der Waals surface area contributed by atoms with E-state index in [0.717, 1.165) is 49.5 Å². The molecule has 0 saturated heterocycles. The summed E-state index contributed by atoms with van der Waals surface area (Å²) in [5.74, 6) is -1.63. The minimum Gasteiger partial charge on any atom is -0.364 e. The Kier molecular flexibility index (Phi) is 8.17. The summed E-state index contributed by atoms with van der Waals surface area (Å²) in [6.45, 7) is 6.98. The Morgan fingerprint density at radius 3 is 2.75 bits per heavy atom. The molecule has 24 heavy (non-hydrogen) atoms. The maximum Gasteiger partial charge on any atom is 0.268 e. The predicted octanol–water partition coefficient (Wildman–Crippen LogP) is 4.94. The van der Waals surface area contributed by atoms with E-state index in [-0.39, 0.29) is 5.94 Å². The van der Waals surface area contributed by atoms with E-state index in [4.69, 9.17) is 4.74 Å². The summed E-state index contributed by atoms with van der Waals surface area (Å²) in [6, 6.07) is 0. The van der Waals surface area contributed by atoms with Crippen LogP contribution in [-0.2, 0) is 4.74 Å². The second-order valence-corrected chi connectivity index (χ2v) is 8.04. The molecule has 6 heteroatoms. The number of aliphatic imine (C=N–C) groups is 1. The van der Waals surface area contributed by atoms with Gasteiger partial charge in [-0.05, 0) is 32.0 Å². The van der Waals surface area contributed by atoms with E-state index in [0.29, 0.717) is 0 Å². The highest BCUT2D eigenvalue weighted by Crippen LogP contribution is 2.31. The van der Waals surface area contributed by atoms with Crippen molar-refractivity contribution in [3.05, 3.63) is 10.6 Å². The van der Waals surface area contributed by atoms with Crippen molar-refractivity contribution in [1.82, 2.24) is 4.90 Å². The van der Waals surface area contributed by atoms with Crippen LogP contribution in [0.4, 0.5) is 8.78 Å². The third kappa shape index (κ3) is 7.19. The van der Waals surface area contributed by atoms with E-state index in [9.17, 15) is 8.78 Å². The molecule has 3 nitrogen and oxygen atoms in total. The Bertz CT molecular complexity index is 431. The maximum atomic E-state index is 12.7. The second kappa shape index (κ2) is 9.88. The molecule has 0 spiro atoms. The summed E-state index contributed by atoms with van der Waals surface area (Å²) in [7, 11) is 0. The van der Waals surface area contributed by atoms with Gasteiger partial charge in [-0.3, -0.25) is 9.89 Å². The number of hydrogen-bond donors (Lipinski definition) is 0. The van der Waals surface area contributed by atoms with E-state index in [1.165, 1.54) is 50.3 Å². The number of ether oxygens (including phenoxy) is 1. The molecule has 1 saturated carbocycles. The zero-order chi connectivity index (χ0) is 17.4. The van der Waals surface area contributed by atoms with Crippen molar-refractivity contribution in [3.63, 3.8) is 0 Å². The van der Waals surface area contributed by atoms with E-state index in [1.807, 2.05) is 0 Å². The molecule has 2 rings (SSSR count). The van der Waals surface area contributed by atoms with Crippen molar-refractivity contribution >= 4 is 18.5 Å². The van der Waals surface area contributed by atoms with Crippen molar-refractivity contribution in [3.8, 4) is 0 Å². The van der Waals surface area contributed by atoms with Gasteiger partial charge in [0.05, 0.1) is 11.6 Å².